The highest BCUT2D eigenvalue weighted by Gasteiger charge is 2.40. The van der Waals surface area contributed by atoms with Crippen molar-refractivity contribution < 1.29 is 24.2 Å². The summed E-state index contributed by atoms with van der Waals surface area (Å²) in [4.78, 5) is 30.0. The molecular formula is C27H32N2O5. The molecule has 0 radical (unpaired) electrons. The van der Waals surface area contributed by atoms with Crippen LogP contribution in [0.2, 0.25) is 0 Å². The molecule has 7 heteroatoms. The summed E-state index contributed by atoms with van der Waals surface area (Å²) in [7, 11) is 0. The van der Waals surface area contributed by atoms with E-state index in [1.165, 1.54) is 11.1 Å². The molecule has 5 rings (SSSR count). The number of fused-ring (bicyclic) bond motifs is 2. The number of amides is 2. The quantitative estimate of drug-likeness (QED) is 0.755. The van der Waals surface area contributed by atoms with Crippen molar-refractivity contribution in [2.75, 3.05) is 26.3 Å². The Bertz CT molecular complexity index is 1010. The first-order valence-electron chi connectivity index (χ1n) is 12.2. The second kappa shape index (κ2) is 10.3. The second-order valence-corrected chi connectivity index (χ2v) is 9.49. The van der Waals surface area contributed by atoms with Gasteiger partial charge >= 0.3 is 0 Å². The number of benzene rings is 2. The van der Waals surface area contributed by atoms with Gasteiger partial charge in [-0.2, -0.15) is 0 Å². The van der Waals surface area contributed by atoms with E-state index in [-0.39, 0.29) is 43.2 Å². The zero-order chi connectivity index (χ0) is 23.5. The lowest BCUT2D eigenvalue weighted by Gasteiger charge is -2.44. The van der Waals surface area contributed by atoms with Crippen molar-refractivity contribution >= 4 is 11.8 Å². The van der Waals surface area contributed by atoms with E-state index < -0.39 is 6.10 Å². The van der Waals surface area contributed by atoms with E-state index in [0.29, 0.717) is 38.0 Å². The summed E-state index contributed by atoms with van der Waals surface area (Å²) in [5.41, 5.74) is 3.13. The van der Waals surface area contributed by atoms with E-state index in [4.69, 9.17) is 9.47 Å². The van der Waals surface area contributed by atoms with Crippen LogP contribution in [0.4, 0.5) is 0 Å². The van der Waals surface area contributed by atoms with Crippen LogP contribution in [0.25, 0.3) is 0 Å². The maximum Gasteiger partial charge on any atom is 0.254 e. The van der Waals surface area contributed by atoms with Crippen LogP contribution < -0.4 is 0 Å². The molecule has 4 atom stereocenters. The molecule has 34 heavy (non-hydrogen) atoms. The summed E-state index contributed by atoms with van der Waals surface area (Å²) >= 11 is 0. The van der Waals surface area contributed by atoms with Gasteiger partial charge in [-0.1, -0.05) is 42.5 Å². The Morgan fingerprint density at radius 2 is 1.74 bits per heavy atom. The van der Waals surface area contributed by atoms with Gasteiger partial charge in [-0.25, -0.2) is 0 Å². The Hall–Kier alpha value is -2.74. The van der Waals surface area contributed by atoms with Gasteiger partial charge in [0.15, 0.2) is 0 Å². The third-order valence-corrected chi connectivity index (χ3v) is 7.15. The standard InChI is InChI=1S/C27H32N2O5/c30-22-16-29(27(32)20-7-2-1-3-8-20)24-11-10-23(34-25(24)18-33-17-22)14-26(31)28-13-12-19-6-4-5-9-21(19)15-28/h1-9,22-25,30H,10-18H2/t22-,23-,24-,25+/m1/s1. The number of β-amino-alcohol motifs (C(OH)–C–C–N with tert-alkyl or cyclic N) is 1. The molecule has 0 unspecified atom stereocenters. The molecule has 3 heterocycles. The van der Waals surface area contributed by atoms with Crippen molar-refractivity contribution in [1.82, 2.24) is 9.80 Å². The van der Waals surface area contributed by atoms with Gasteiger partial charge in [-0.3, -0.25) is 9.59 Å². The first-order chi connectivity index (χ1) is 16.6. The number of aliphatic hydroxyl groups excluding tert-OH is 1. The van der Waals surface area contributed by atoms with Gasteiger partial charge in [0.2, 0.25) is 5.91 Å². The minimum atomic E-state index is -0.741. The number of nitrogens with zero attached hydrogens (tertiary/aromatic N) is 2. The summed E-state index contributed by atoms with van der Waals surface area (Å²) in [6.07, 6.45) is 1.34. The maximum absolute atomic E-state index is 13.3. The van der Waals surface area contributed by atoms with Crippen molar-refractivity contribution in [2.45, 2.75) is 56.6 Å². The first kappa shape index (κ1) is 23.0. The number of hydrogen-bond donors (Lipinski definition) is 1. The molecule has 2 saturated heterocycles. The smallest absolute Gasteiger partial charge is 0.254 e. The van der Waals surface area contributed by atoms with Crippen LogP contribution in [0.15, 0.2) is 54.6 Å². The lowest BCUT2D eigenvalue weighted by atomic mass is 9.93. The van der Waals surface area contributed by atoms with Gasteiger partial charge in [0.05, 0.1) is 37.9 Å². The molecule has 1 N–H and O–H groups in total. The summed E-state index contributed by atoms with van der Waals surface area (Å²) in [5, 5.41) is 10.3. The molecule has 0 aromatic heterocycles. The molecule has 2 aromatic carbocycles. The Labute approximate surface area is 200 Å². The second-order valence-electron chi connectivity index (χ2n) is 9.49. The average molecular weight is 465 g/mol. The number of carbonyl (C=O) groups excluding carboxylic acids is 2. The fraction of sp³-hybridized carbons (Fsp3) is 0.481. The third-order valence-electron chi connectivity index (χ3n) is 7.15. The summed E-state index contributed by atoms with van der Waals surface area (Å²) in [6, 6.07) is 17.2. The van der Waals surface area contributed by atoms with Crippen molar-refractivity contribution in [3.8, 4) is 0 Å². The number of hydrogen-bond acceptors (Lipinski definition) is 5. The fourth-order valence-electron chi connectivity index (χ4n) is 5.35. The zero-order valence-electron chi connectivity index (χ0n) is 19.3. The van der Waals surface area contributed by atoms with Gasteiger partial charge in [0, 0.05) is 25.2 Å². The van der Waals surface area contributed by atoms with Crippen LogP contribution in [-0.2, 0) is 27.2 Å². The number of rotatable bonds is 3. The normalized spacial score (nSPS) is 27.2. The Kier molecular flexibility index (Phi) is 6.94. The van der Waals surface area contributed by atoms with Crippen LogP contribution >= 0.6 is 0 Å². The molecule has 2 amide bonds. The molecule has 2 aromatic rings. The van der Waals surface area contributed by atoms with Gasteiger partial charge in [0.1, 0.15) is 6.10 Å². The van der Waals surface area contributed by atoms with E-state index in [1.54, 1.807) is 17.0 Å². The molecule has 0 saturated carbocycles. The predicted octanol–water partition coefficient (Wildman–Crippen LogP) is 2.41. The van der Waals surface area contributed by atoms with E-state index >= 15 is 0 Å². The zero-order valence-corrected chi connectivity index (χ0v) is 19.3. The van der Waals surface area contributed by atoms with Crippen LogP contribution in [0.1, 0.15) is 40.7 Å². The Morgan fingerprint density at radius 1 is 0.971 bits per heavy atom. The molecule has 0 spiro atoms. The van der Waals surface area contributed by atoms with Gasteiger partial charge in [-0.05, 0) is 42.5 Å². The van der Waals surface area contributed by atoms with Gasteiger partial charge < -0.3 is 24.4 Å². The van der Waals surface area contributed by atoms with Gasteiger partial charge in [-0.15, -0.1) is 0 Å². The fourth-order valence-corrected chi connectivity index (χ4v) is 5.35. The lowest BCUT2D eigenvalue weighted by molar-refractivity contribution is -0.155. The summed E-state index contributed by atoms with van der Waals surface area (Å²) in [5.74, 6) is -0.000913. The third kappa shape index (κ3) is 5.02. The largest absolute Gasteiger partial charge is 0.389 e. The first-order valence-corrected chi connectivity index (χ1v) is 12.2. The Balaban J connectivity index is 1.25. The minimum Gasteiger partial charge on any atom is -0.389 e. The van der Waals surface area contributed by atoms with Crippen molar-refractivity contribution in [3.05, 3.63) is 71.3 Å². The highest BCUT2D eigenvalue weighted by atomic mass is 16.5. The number of ether oxygens (including phenoxy) is 2. The van der Waals surface area contributed by atoms with Crippen LogP contribution in [0.3, 0.4) is 0 Å². The number of carbonyl (C=O) groups is 2. The van der Waals surface area contributed by atoms with Crippen LogP contribution in [0, 0.1) is 0 Å². The van der Waals surface area contributed by atoms with Crippen molar-refractivity contribution in [3.63, 3.8) is 0 Å². The predicted molar refractivity (Wildman–Crippen MR) is 126 cm³/mol. The average Bonchev–Trinajstić information content (AvgIpc) is 2.86. The monoisotopic (exact) mass is 464 g/mol. The molecule has 180 valence electrons. The summed E-state index contributed by atoms with van der Waals surface area (Å²) < 4.78 is 12.1. The van der Waals surface area contributed by atoms with Gasteiger partial charge in [0.25, 0.3) is 5.91 Å². The van der Waals surface area contributed by atoms with E-state index in [1.807, 2.05) is 35.2 Å². The Morgan fingerprint density at radius 3 is 2.56 bits per heavy atom. The van der Waals surface area contributed by atoms with Crippen LogP contribution in [0.5, 0.6) is 0 Å². The van der Waals surface area contributed by atoms with Crippen molar-refractivity contribution in [1.29, 1.82) is 0 Å². The van der Waals surface area contributed by atoms with E-state index in [9.17, 15) is 14.7 Å². The molecule has 7 nitrogen and oxygen atoms in total. The highest BCUT2D eigenvalue weighted by molar-refractivity contribution is 5.94. The highest BCUT2D eigenvalue weighted by Crippen LogP contribution is 2.30. The number of aliphatic hydroxyl groups is 1. The molecule has 0 bridgehead atoms. The minimum absolute atomic E-state index is 0.109. The molecule has 3 aliphatic heterocycles. The van der Waals surface area contributed by atoms with E-state index in [0.717, 1.165) is 13.0 Å². The van der Waals surface area contributed by atoms with Crippen molar-refractivity contribution in [2.24, 2.45) is 0 Å². The molecular weight excluding hydrogens is 432 g/mol. The molecule has 0 aliphatic carbocycles. The molecule has 2 fully saturated rings. The SMILES string of the molecule is O=C(C[C@H]1CC[C@@H]2[C@H](COC[C@H](O)CN2C(=O)c2ccccc2)O1)N1CCc2ccccc2C1. The van der Waals surface area contributed by atoms with E-state index in [2.05, 4.69) is 12.1 Å². The molecule has 3 aliphatic rings. The summed E-state index contributed by atoms with van der Waals surface area (Å²) in [6.45, 7) is 2.03. The maximum atomic E-state index is 13.3. The van der Waals surface area contributed by atoms with Crippen LogP contribution in [-0.4, -0.2) is 77.4 Å². The lowest BCUT2D eigenvalue weighted by Crippen LogP contribution is -2.57. The topological polar surface area (TPSA) is 79.3 Å².